The zero-order chi connectivity index (χ0) is 17.4. The van der Waals surface area contributed by atoms with E-state index < -0.39 is 35.2 Å². The highest BCUT2D eigenvalue weighted by Crippen LogP contribution is 2.31. The van der Waals surface area contributed by atoms with E-state index >= 15 is 0 Å². The van der Waals surface area contributed by atoms with Gasteiger partial charge in [-0.3, -0.25) is 4.79 Å². The molecule has 0 spiro atoms. The number of aromatic nitrogens is 2. The summed E-state index contributed by atoms with van der Waals surface area (Å²) in [5, 5.41) is 20.8. The summed E-state index contributed by atoms with van der Waals surface area (Å²) in [6.07, 6.45) is -4.79. The van der Waals surface area contributed by atoms with Crippen LogP contribution >= 0.6 is 11.6 Å². The van der Waals surface area contributed by atoms with Crippen LogP contribution in [0.25, 0.3) is 0 Å². The van der Waals surface area contributed by atoms with Gasteiger partial charge in [0.05, 0.1) is 5.56 Å². The van der Waals surface area contributed by atoms with Crippen molar-refractivity contribution in [3.05, 3.63) is 40.3 Å². The van der Waals surface area contributed by atoms with Crippen molar-refractivity contribution in [2.75, 3.05) is 5.32 Å². The molecule has 0 bridgehead atoms. The van der Waals surface area contributed by atoms with Gasteiger partial charge in [0.15, 0.2) is 11.5 Å². The number of aromatic hydroxyl groups is 1. The smallest absolute Gasteiger partial charge is 0.449 e. The lowest BCUT2D eigenvalue weighted by molar-refractivity contribution is -0.146. The summed E-state index contributed by atoms with van der Waals surface area (Å²) in [6.45, 7) is 0. The third kappa shape index (κ3) is 3.22. The molecule has 0 aliphatic carbocycles. The molecule has 23 heavy (non-hydrogen) atoms. The van der Waals surface area contributed by atoms with Gasteiger partial charge in [-0.25, -0.2) is 4.98 Å². The number of carbonyl (C=O) groups is 1. The van der Waals surface area contributed by atoms with Crippen LogP contribution in [0.4, 0.5) is 19.0 Å². The van der Waals surface area contributed by atoms with Crippen molar-refractivity contribution >= 4 is 23.3 Å². The van der Waals surface area contributed by atoms with Gasteiger partial charge in [-0.15, -0.1) is 0 Å². The monoisotopic (exact) mass is 344 g/mol. The molecule has 1 aromatic carbocycles. The molecule has 0 unspecified atom stereocenters. The minimum atomic E-state index is -4.79. The number of hydrogen-bond donors (Lipinski definition) is 2. The van der Waals surface area contributed by atoms with E-state index in [-0.39, 0.29) is 10.6 Å². The first-order valence-electron chi connectivity index (χ1n) is 5.99. The minimum absolute atomic E-state index is 0.144. The molecule has 2 N–H and O–H groups in total. The van der Waals surface area contributed by atoms with Crippen LogP contribution in [0, 0.1) is 11.3 Å². The first-order chi connectivity index (χ1) is 10.6. The number of nitrogens with one attached hydrogen (secondary N) is 1. The summed E-state index contributed by atoms with van der Waals surface area (Å²) < 4.78 is 38.9. The number of phenols is 1. The maximum absolute atomic E-state index is 12.8. The standard InChI is InChI=1S/C13H8ClF3N4O2/c1-21-8(5-18)10(20-12(21)13(15,16)17)19-11(23)7-4-6(14)2-3-9(7)22/h2-4,22H,1H3,(H,19,23). The Kier molecular flexibility index (Phi) is 4.20. The van der Waals surface area contributed by atoms with E-state index in [1.165, 1.54) is 12.1 Å². The number of phenolic OH excluding ortho intramolecular Hbond substituents is 1. The molecule has 0 aliphatic rings. The number of amides is 1. The van der Waals surface area contributed by atoms with Crippen molar-refractivity contribution in [3.8, 4) is 11.8 Å². The lowest BCUT2D eigenvalue weighted by Crippen LogP contribution is -2.14. The van der Waals surface area contributed by atoms with Crippen LogP contribution in [0.5, 0.6) is 5.75 Å². The zero-order valence-corrected chi connectivity index (χ0v) is 12.2. The van der Waals surface area contributed by atoms with E-state index in [9.17, 15) is 23.1 Å². The molecule has 0 saturated carbocycles. The second-order valence-electron chi connectivity index (χ2n) is 4.42. The Balaban J connectivity index is 2.43. The van der Waals surface area contributed by atoms with Gasteiger partial charge in [-0.05, 0) is 18.2 Å². The van der Waals surface area contributed by atoms with Crippen LogP contribution in [0.2, 0.25) is 5.02 Å². The Hall–Kier alpha value is -2.73. The summed E-state index contributed by atoms with van der Waals surface area (Å²) in [6, 6.07) is 5.15. The van der Waals surface area contributed by atoms with Gasteiger partial charge < -0.3 is 15.0 Å². The Morgan fingerprint density at radius 3 is 2.70 bits per heavy atom. The highest BCUT2D eigenvalue weighted by Gasteiger charge is 2.38. The van der Waals surface area contributed by atoms with Crippen molar-refractivity contribution in [2.24, 2.45) is 7.05 Å². The van der Waals surface area contributed by atoms with Gasteiger partial charge in [0.2, 0.25) is 5.82 Å². The van der Waals surface area contributed by atoms with Crippen LogP contribution in [-0.2, 0) is 13.2 Å². The molecule has 0 radical (unpaired) electrons. The van der Waals surface area contributed by atoms with E-state index in [0.717, 1.165) is 19.2 Å². The fourth-order valence-electron chi connectivity index (χ4n) is 1.83. The average molecular weight is 345 g/mol. The number of nitriles is 1. The summed E-state index contributed by atoms with van der Waals surface area (Å²) in [4.78, 5) is 15.3. The number of nitrogens with zero attached hydrogens (tertiary/aromatic N) is 3. The molecule has 1 heterocycles. The first kappa shape index (κ1) is 16.6. The molecule has 2 aromatic rings. The molecule has 0 saturated heterocycles. The van der Waals surface area contributed by atoms with Crippen molar-refractivity contribution in [1.29, 1.82) is 5.26 Å². The normalized spacial score (nSPS) is 11.1. The molecule has 0 fully saturated rings. The number of alkyl halides is 3. The lowest BCUT2D eigenvalue weighted by atomic mass is 10.2. The van der Waals surface area contributed by atoms with Gasteiger partial charge >= 0.3 is 6.18 Å². The van der Waals surface area contributed by atoms with Crippen LogP contribution < -0.4 is 5.32 Å². The second-order valence-corrected chi connectivity index (χ2v) is 4.85. The Bertz CT molecular complexity index is 824. The lowest BCUT2D eigenvalue weighted by Gasteiger charge is -2.05. The Labute approximate surface area is 132 Å². The van der Waals surface area contributed by atoms with E-state index in [0.29, 0.717) is 4.57 Å². The molecule has 10 heteroatoms. The van der Waals surface area contributed by atoms with Gasteiger partial charge in [-0.1, -0.05) is 11.6 Å². The van der Waals surface area contributed by atoms with E-state index in [1.54, 1.807) is 0 Å². The van der Waals surface area contributed by atoms with E-state index in [4.69, 9.17) is 16.9 Å². The molecular formula is C13H8ClF3N4O2. The molecule has 0 aliphatic heterocycles. The van der Waals surface area contributed by atoms with Crippen molar-refractivity contribution in [2.45, 2.75) is 6.18 Å². The zero-order valence-electron chi connectivity index (χ0n) is 11.4. The highest BCUT2D eigenvalue weighted by atomic mass is 35.5. The summed E-state index contributed by atoms with van der Waals surface area (Å²) in [7, 11) is 1.00. The quantitative estimate of drug-likeness (QED) is 0.876. The molecule has 2 rings (SSSR count). The SMILES string of the molecule is Cn1c(C(F)(F)F)nc(NC(=O)c2cc(Cl)ccc2O)c1C#N. The molecule has 1 aromatic heterocycles. The number of imidazole rings is 1. The number of carbonyl (C=O) groups excluding carboxylic acids is 1. The van der Waals surface area contributed by atoms with Gasteiger partial charge in [0.1, 0.15) is 11.8 Å². The molecule has 1 amide bonds. The van der Waals surface area contributed by atoms with Crippen LogP contribution in [0.15, 0.2) is 18.2 Å². The fraction of sp³-hybridized carbons (Fsp3) is 0.154. The second kappa shape index (κ2) is 5.81. The number of rotatable bonds is 2. The number of hydrogen-bond acceptors (Lipinski definition) is 4. The topological polar surface area (TPSA) is 90.9 Å². The van der Waals surface area contributed by atoms with Gasteiger partial charge in [-0.2, -0.15) is 18.4 Å². The number of halogens is 4. The van der Waals surface area contributed by atoms with Crippen molar-refractivity contribution in [1.82, 2.24) is 9.55 Å². The van der Waals surface area contributed by atoms with E-state index in [1.807, 2.05) is 0 Å². The minimum Gasteiger partial charge on any atom is -0.507 e. The maximum atomic E-state index is 12.8. The van der Waals surface area contributed by atoms with Crippen molar-refractivity contribution in [3.63, 3.8) is 0 Å². The van der Waals surface area contributed by atoms with Gasteiger partial charge in [0.25, 0.3) is 5.91 Å². The molecule has 6 nitrogen and oxygen atoms in total. The van der Waals surface area contributed by atoms with Gasteiger partial charge in [0, 0.05) is 12.1 Å². The first-order valence-corrected chi connectivity index (χ1v) is 6.36. The molecule has 0 atom stereocenters. The Morgan fingerprint density at radius 2 is 2.13 bits per heavy atom. The maximum Gasteiger partial charge on any atom is 0.449 e. The summed E-state index contributed by atoms with van der Waals surface area (Å²) >= 11 is 5.70. The molecule has 120 valence electrons. The third-order valence-corrected chi connectivity index (χ3v) is 3.12. The largest absolute Gasteiger partial charge is 0.507 e. The van der Waals surface area contributed by atoms with Crippen LogP contribution in [-0.4, -0.2) is 20.6 Å². The Morgan fingerprint density at radius 1 is 1.48 bits per heavy atom. The van der Waals surface area contributed by atoms with Crippen molar-refractivity contribution < 1.29 is 23.1 Å². The third-order valence-electron chi connectivity index (χ3n) is 2.89. The average Bonchev–Trinajstić information content (AvgIpc) is 2.77. The van der Waals surface area contributed by atoms with Crippen LogP contribution in [0.1, 0.15) is 21.9 Å². The molecular weight excluding hydrogens is 337 g/mol. The predicted molar refractivity (Wildman–Crippen MR) is 74.0 cm³/mol. The van der Waals surface area contributed by atoms with Crippen LogP contribution in [0.3, 0.4) is 0 Å². The van der Waals surface area contributed by atoms with E-state index in [2.05, 4.69) is 10.3 Å². The fourth-order valence-corrected chi connectivity index (χ4v) is 2.00. The summed E-state index contributed by atoms with van der Waals surface area (Å²) in [5.41, 5.74) is -0.743. The number of benzene rings is 1. The highest BCUT2D eigenvalue weighted by molar-refractivity contribution is 6.31. The predicted octanol–water partition coefficient (Wildman–Crippen LogP) is 2.92. The summed E-state index contributed by atoms with van der Waals surface area (Å²) in [5.74, 6) is -3.27. The number of anilines is 1.